The van der Waals surface area contributed by atoms with Crippen LogP contribution in [0.5, 0.6) is 0 Å². The van der Waals surface area contributed by atoms with Gasteiger partial charge in [0.2, 0.25) is 11.6 Å². The Bertz CT molecular complexity index is 748. The number of rotatable bonds is 5. The van der Waals surface area contributed by atoms with Crippen molar-refractivity contribution in [2.24, 2.45) is 0 Å². The van der Waals surface area contributed by atoms with Gasteiger partial charge in [0.1, 0.15) is 23.6 Å². The zero-order chi connectivity index (χ0) is 17.3. The number of anilines is 1. The molecule has 0 aliphatic carbocycles. The monoisotopic (exact) mass is 329 g/mol. The van der Waals surface area contributed by atoms with E-state index < -0.39 is 35.2 Å². The van der Waals surface area contributed by atoms with Crippen LogP contribution in [-0.4, -0.2) is 25.8 Å². The number of halogens is 2. The summed E-state index contributed by atoms with van der Waals surface area (Å²) in [5.41, 5.74) is -1.06. The van der Waals surface area contributed by atoms with Gasteiger partial charge in [0.05, 0.1) is 4.92 Å². The van der Waals surface area contributed by atoms with Crippen LogP contribution in [0.3, 0.4) is 0 Å². The van der Waals surface area contributed by atoms with Gasteiger partial charge in [0.25, 0.3) is 6.43 Å². The first-order chi connectivity index (χ1) is 10.7. The number of nitro groups is 1. The topological polar surface area (TPSA) is 116 Å². The molecule has 0 unspecified atom stereocenters. The van der Waals surface area contributed by atoms with Gasteiger partial charge in [-0.05, 0) is 20.8 Å². The third kappa shape index (κ3) is 3.17. The Morgan fingerprint density at radius 1 is 1.43 bits per heavy atom. The highest BCUT2D eigenvalue weighted by Gasteiger charge is 2.31. The number of amides is 1. The van der Waals surface area contributed by atoms with E-state index in [0.717, 1.165) is 4.68 Å². The summed E-state index contributed by atoms with van der Waals surface area (Å²) in [4.78, 5) is 21.9. The highest BCUT2D eigenvalue weighted by atomic mass is 19.3. The van der Waals surface area contributed by atoms with Crippen molar-refractivity contribution in [1.29, 1.82) is 0 Å². The zero-order valence-electron chi connectivity index (χ0n) is 12.5. The number of aromatic nitrogens is 3. The molecule has 9 nitrogen and oxygen atoms in total. The van der Waals surface area contributed by atoms with E-state index in [-0.39, 0.29) is 5.69 Å². The fourth-order valence-corrected chi connectivity index (χ4v) is 2.06. The molecule has 2 aromatic heterocycles. The molecule has 2 rings (SSSR count). The number of alkyl halides is 2. The summed E-state index contributed by atoms with van der Waals surface area (Å²) in [7, 11) is 0. The molecule has 0 saturated carbocycles. The number of hydrogen-bond acceptors (Lipinski definition) is 6. The third-order valence-corrected chi connectivity index (χ3v) is 3.18. The molecular formula is C12H13F2N5O4. The predicted molar refractivity (Wildman–Crippen MR) is 73.2 cm³/mol. The first kappa shape index (κ1) is 16.5. The van der Waals surface area contributed by atoms with Crippen LogP contribution < -0.4 is 5.32 Å². The molecule has 11 heteroatoms. The van der Waals surface area contributed by atoms with E-state index in [2.05, 4.69) is 15.6 Å². The smallest absolute Gasteiger partial charge is 0.319 e. The van der Waals surface area contributed by atoms with E-state index in [1.807, 2.05) is 0 Å². The van der Waals surface area contributed by atoms with Gasteiger partial charge in [0, 0.05) is 0 Å². The minimum Gasteiger partial charge on any atom is -0.359 e. The normalized spacial score (nSPS) is 11.0. The fourth-order valence-electron chi connectivity index (χ4n) is 2.06. The van der Waals surface area contributed by atoms with Crippen LogP contribution in [0, 0.1) is 30.9 Å². The van der Waals surface area contributed by atoms with Crippen molar-refractivity contribution in [3.05, 3.63) is 33.0 Å². The van der Waals surface area contributed by atoms with Crippen LogP contribution in [0.1, 0.15) is 29.3 Å². The number of hydrogen-bond donors (Lipinski definition) is 1. The maximum atomic E-state index is 12.8. The van der Waals surface area contributed by atoms with Crippen LogP contribution in [-0.2, 0) is 11.3 Å². The van der Waals surface area contributed by atoms with Crippen molar-refractivity contribution in [1.82, 2.24) is 14.9 Å². The van der Waals surface area contributed by atoms with Gasteiger partial charge in [-0.25, -0.2) is 8.78 Å². The van der Waals surface area contributed by atoms with Gasteiger partial charge in [-0.2, -0.15) is 5.10 Å². The van der Waals surface area contributed by atoms with Crippen molar-refractivity contribution < 1.29 is 23.0 Å². The van der Waals surface area contributed by atoms with Crippen molar-refractivity contribution in [3.63, 3.8) is 0 Å². The van der Waals surface area contributed by atoms with Crippen LogP contribution in [0.15, 0.2) is 4.52 Å². The molecule has 0 aliphatic heterocycles. The molecule has 0 aliphatic rings. The Kier molecular flexibility index (Phi) is 4.38. The average Bonchev–Trinajstić information content (AvgIpc) is 2.94. The Hall–Kier alpha value is -2.85. The van der Waals surface area contributed by atoms with Crippen LogP contribution in [0.25, 0.3) is 0 Å². The molecule has 124 valence electrons. The molecule has 0 fully saturated rings. The number of aryl methyl sites for hydroxylation is 2. The maximum absolute atomic E-state index is 12.8. The SMILES string of the molecule is Cc1noc(C)c1NC(=O)Cn1nc(C(F)F)c([N+](=O)[O-])c1C. The second-order valence-corrected chi connectivity index (χ2v) is 4.78. The molecule has 1 amide bonds. The van der Waals surface area contributed by atoms with Gasteiger partial charge >= 0.3 is 5.69 Å². The summed E-state index contributed by atoms with van der Waals surface area (Å²) in [6.45, 7) is 4.00. The van der Waals surface area contributed by atoms with Gasteiger partial charge in [-0.15, -0.1) is 0 Å². The molecular weight excluding hydrogens is 316 g/mol. The zero-order valence-corrected chi connectivity index (χ0v) is 12.5. The largest absolute Gasteiger partial charge is 0.359 e. The van der Waals surface area contributed by atoms with Crippen molar-refractivity contribution in [2.75, 3.05) is 5.32 Å². The summed E-state index contributed by atoms with van der Waals surface area (Å²) in [5, 5.41) is 20.5. The van der Waals surface area contributed by atoms with Crippen molar-refractivity contribution in [2.45, 2.75) is 33.7 Å². The lowest BCUT2D eigenvalue weighted by atomic mass is 10.3. The molecule has 0 bridgehead atoms. The molecule has 0 radical (unpaired) electrons. The lowest BCUT2D eigenvalue weighted by Gasteiger charge is -2.05. The summed E-state index contributed by atoms with van der Waals surface area (Å²) >= 11 is 0. The van der Waals surface area contributed by atoms with E-state index in [4.69, 9.17) is 4.52 Å². The Morgan fingerprint density at radius 3 is 2.52 bits per heavy atom. The molecule has 23 heavy (non-hydrogen) atoms. The summed E-state index contributed by atoms with van der Waals surface area (Å²) < 4.78 is 31.4. The molecule has 0 saturated heterocycles. The fraction of sp³-hybridized carbons (Fsp3) is 0.417. The first-order valence-electron chi connectivity index (χ1n) is 6.45. The quantitative estimate of drug-likeness (QED) is 0.664. The second kappa shape index (κ2) is 6.10. The van der Waals surface area contributed by atoms with Gasteiger partial charge in [-0.3, -0.25) is 19.6 Å². The van der Waals surface area contributed by atoms with Crippen molar-refractivity contribution >= 4 is 17.3 Å². The Balaban J connectivity index is 2.25. The van der Waals surface area contributed by atoms with Crippen LogP contribution in [0.4, 0.5) is 20.2 Å². The highest BCUT2D eigenvalue weighted by molar-refractivity contribution is 5.91. The van der Waals surface area contributed by atoms with Crippen molar-refractivity contribution in [3.8, 4) is 0 Å². The van der Waals surface area contributed by atoms with Crippen LogP contribution >= 0.6 is 0 Å². The number of carbonyl (C=O) groups is 1. The minimum absolute atomic E-state index is 0.126. The maximum Gasteiger partial charge on any atom is 0.319 e. The van der Waals surface area contributed by atoms with E-state index in [0.29, 0.717) is 17.1 Å². The highest BCUT2D eigenvalue weighted by Crippen LogP contribution is 2.30. The molecule has 0 atom stereocenters. The lowest BCUT2D eigenvalue weighted by Crippen LogP contribution is -2.21. The minimum atomic E-state index is -3.11. The average molecular weight is 329 g/mol. The summed E-state index contributed by atoms with van der Waals surface area (Å²) in [5.74, 6) is -0.215. The second-order valence-electron chi connectivity index (χ2n) is 4.78. The summed E-state index contributed by atoms with van der Waals surface area (Å²) in [6, 6.07) is 0. The Labute approximate surface area is 128 Å². The molecule has 1 N–H and O–H groups in total. The number of nitrogens with zero attached hydrogens (tertiary/aromatic N) is 4. The van der Waals surface area contributed by atoms with E-state index in [9.17, 15) is 23.7 Å². The molecule has 2 heterocycles. The van der Waals surface area contributed by atoms with Gasteiger partial charge in [0.15, 0.2) is 5.76 Å². The van der Waals surface area contributed by atoms with Gasteiger partial charge < -0.3 is 9.84 Å². The van der Waals surface area contributed by atoms with E-state index >= 15 is 0 Å². The van der Waals surface area contributed by atoms with Gasteiger partial charge in [-0.1, -0.05) is 5.16 Å². The van der Waals surface area contributed by atoms with E-state index in [1.165, 1.54) is 6.92 Å². The summed E-state index contributed by atoms with van der Waals surface area (Å²) in [6.07, 6.45) is -3.11. The molecule has 0 aromatic carbocycles. The van der Waals surface area contributed by atoms with Crippen LogP contribution in [0.2, 0.25) is 0 Å². The lowest BCUT2D eigenvalue weighted by molar-refractivity contribution is -0.386. The standard InChI is InChI=1S/C12H13F2N5O4/c1-5-9(7(3)23-17-5)15-8(20)4-18-6(2)11(19(21)22)10(16-18)12(13)14/h12H,4H2,1-3H3,(H,15,20). The number of nitrogens with one attached hydrogen (secondary N) is 1. The van der Waals surface area contributed by atoms with E-state index in [1.54, 1.807) is 13.8 Å². The first-order valence-corrected chi connectivity index (χ1v) is 6.45. The predicted octanol–water partition coefficient (Wildman–Crippen LogP) is 2.28. The molecule has 2 aromatic rings. The Morgan fingerprint density at radius 2 is 2.09 bits per heavy atom. The number of carbonyl (C=O) groups excluding carboxylic acids is 1. The molecule has 0 spiro atoms. The third-order valence-electron chi connectivity index (χ3n) is 3.18.